The van der Waals surface area contributed by atoms with E-state index in [2.05, 4.69) is 4.99 Å². The maximum Gasteiger partial charge on any atom is 0.251 e. The van der Waals surface area contributed by atoms with Crippen molar-refractivity contribution in [2.24, 2.45) is 10.7 Å². The molecule has 2 amide bonds. The fraction of sp³-hybridized carbons (Fsp3) is 0.382. The molecule has 1 saturated carbocycles. The molecule has 3 aromatic carbocycles. The zero-order valence-electron chi connectivity index (χ0n) is 24.5. The monoisotopic (exact) mass is 567 g/mol. The van der Waals surface area contributed by atoms with Crippen molar-refractivity contribution in [2.75, 3.05) is 25.1 Å². The Bertz CT molecular complexity index is 1330. The van der Waals surface area contributed by atoms with Crippen LogP contribution in [-0.2, 0) is 16.1 Å². The smallest absolute Gasteiger partial charge is 0.251 e. The largest absolute Gasteiger partial charge is 0.494 e. The molecule has 0 unspecified atom stereocenters. The molecule has 2 N–H and O–H groups in total. The van der Waals surface area contributed by atoms with Crippen LogP contribution in [0.1, 0.15) is 56.9 Å². The number of anilines is 2. The molecule has 0 saturated heterocycles. The average molecular weight is 568 g/mol. The fourth-order valence-corrected chi connectivity index (χ4v) is 5.77. The molecule has 3 aromatic rings. The number of rotatable bonds is 10. The van der Waals surface area contributed by atoms with Crippen LogP contribution in [0.5, 0.6) is 5.75 Å². The highest BCUT2D eigenvalue weighted by molar-refractivity contribution is 6.03. The van der Waals surface area contributed by atoms with Gasteiger partial charge in [-0.15, -0.1) is 0 Å². The Labute approximate surface area is 248 Å². The van der Waals surface area contributed by atoms with Crippen LogP contribution in [0.3, 0.4) is 0 Å². The van der Waals surface area contributed by atoms with Crippen molar-refractivity contribution < 1.29 is 14.3 Å². The maximum absolute atomic E-state index is 13.7. The molecule has 0 bridgehead atoms. The standard InChI is InChI=1S/C34H41N5O3/c1-37(27-13-6-2-3-7-14-27)32(40)19-12-22-42-30-20-21-31-26(23-30)24-38(34(35)36-31)25-33(41)39(28-15-8-4-9-16-28)29-17-10-5-11-18-29/h4-5,8-11,15-18,20-21,23,27H,2-3,6-7,12-14,19,22,24-25H2,1H3,(H2,35,36). The Kier molecular flexibility index (Phi) is 9.74. The summed E-state index contributed by atoms with van der Waals surface area (Å²) in [5.41, 5.74) is 9.59. The summed E-state index contributed by atoms with van der Waals surface area (Å²) in [4.78, 5) is 36.4. The average Bonchev–Trinajstić information content (AvgIpc) is 3.30. The van der Waals surface area contributed by atoms with Gasteiger partial charge < -0.3 is 20.3 Å². The SMILES string of the molecule is CN(C(=O)CCCOc1ccc2c(c1)CN(CC(=O)N(c1ccccc1)c1ccccc1)C(N)=N2)C1CCCCCC1. The van der Waals surface area contributed by atoms with Gasteiger partial charge in [0.15, 0.2) is 5.96 Å². The fourth-order valence-electron chi connectivity index (χ4n) is 5.77. The van der Waals surface area contributed by atoms with E-state index >= 15 is 0 Å². The normalized spacial score (nSPS) is 15.3. The molecule has 220 valence electrons. The number of ether oxygens (including phenoxy) is 1. The summed E-state index contributed by atoms with van der Waals surface area (Å²) in [6.45, 7) is 0.968. The van der Waals surface area contributed by atoms with E-state index in [4.69, 9.17) is 10.5 Å². The number of guanidine groups is 1. The van der Waals surface area contributed by atoms with Gasteiger partial charge in [-0.25, -0.2) is 4.99 Å². The van der Waals surface area contributed by atoms with Crippen LogP contribution in [0.25, 0.3) is 0 Å². The number of nitrogens with two attached hydrogens (primary N) is 1. The van der Waals surface area contributed by atoms with Crippen LogP contribution >= 0.6 is 0 Å². The molecule has 8 nitrogen and oxygen atoms in total. The van der Waals surface area contributed by atoms with Crippen LogP contribution < -0.4 is 15.4 Å². The van der Waals surface area contributed by atoms with E-state index in [1.165, 1.54) is 25.7 Å². The zero-order chi connectivity index (χ0) is 29.3. The number of hydrogen-bond donors (Lipinski definition) is 1. The first-order chi connectivity index (χ1) is 20.5. The van der Waals surface area contributed by atoms with Crippen LogP contribution in [0.15, 0.2) is 83.9 Å². The molecule has 1 aliphatic heterocycles. The van der Waals surface area contributed by atoms with E-state index in [1.807, 2.05) is 90.8 Å². The lowest BCUT2D eigenvalue weighted by molar-refractivity contribution is -0.132. The number of carbonyl (C=O) groups excluding carboxylic acids is 2. The molecule has 0 spiro atoms. The third kappa shape index (κ3) is 7.29. The van der Waals surface area contributed by atoms with Crippen molar-refractivity contribution >= 4 is 34.8 Å². The maximum atomic E-state index is 13.7. The molecule has 0 radical (unpaired) electrons. The number of benzene rings is 3. The second-order valence-electron chi connectivity index (χ2n) is 11.1. The lowest BCUT2D eigenvalue weighted by Gasteiger charge is -2.31. The number of carbonyl (C=O) groups is 2. The van der Waals surface area contributed by atoms with E-state index in [-0.39, 0.29) is 18.4 Å². The van der Waals surface area contributed by atoms with Gasteiger partial charge in [0.1, 0.15) is 12.3 Å². The Morgan fingerprint density at radius 1 is 0.905 bits per heavy atom. The van der Waals surface area contributed by atoms with Crippen LogP contribution in [0, 0.1) is 0 Å². The zero-order valence-corrected chi connectivity index (χ0v) is 24.5. The first-order valence-electron chi connectivity index (χ1n) is 15.0. The van der Waals surface area contributed by atoms with Gasteiger partial charge in [0.25, 0.3) is 5.91 Å². The highest BCUT2D eigenvalue weighted by atomic mass is 16.5. The molecular weight excluding hydrogens is 526 g/mol. The summed E-state index contributed by atoms with van der Waals surface area (Å²) in [5, 5.41) is 0. The Morgan fingerprint density at radius 3 is 2.19 bits per heavy atom. The first kappa shape index (κ1) is 29.2. The first-order valence-corrected chi connectivity index (χ1v) is 15.0. The second kappa shape index (κ2) is 14.0. The van der Waals surface area contributed by atoms with Crippen LogP contribution in [0.4, 0.5) is 17.1 Å². The van der Waals surface area contributed by atoms with Crippen LogP contribution in [-0.4, -0.2) is 53.8 Å². The molecule has 0 aromatic heterocycles. The number of amides is 2. The molecule has 42 heavy (non-hydrogen) atoms. The van der Waals surface area contributed by atoms with E-state index < -0.39 is 0 Å². The number of aliphatic imine (C=N–C) groups is 1. The van der Waals surface area contributed by atoms with Gasteiger partial charge in [-0.1, -0.05) is 62.1 Å². The molecule has 0 atom stereocenters. The summed E-state index contributed by atoms with van der Waals surface area (Å²) in [7, 11) is 1.95. The highest BCUT2D eigenvalue weighted by Gasteiger charge is 2.25. The van der Waals surface area contributed by atoms with Crippen molar-refractivity contribution in [3.63, 3.8) is 0 Å². The van der Waals surface area contributed by atoms with Crippen molar-refractivity contribution in [3.8, 4) is 5.75 Å². The summed E-state index contributed by atoms with van der Waals surface area (Å²) < 4.78 is 6.02. The van der Waals surface area contributed by atoms with Gasteiger partial charge in [0.2, 0.25) is 5.91 Å². The molecule has 8 heteroatoms. The van der Waals surface area contributed by atoms with Crippen molar-refractivity contribution in [3.05, 3.63) is 84.4 Å². The molecule has 1 aliphatic carbocycles. The summed E-state index contributed by atoms with van der Waals surface area (Å²) in [5.74, 6) is 1.11. The summed E-state index contributed by atoms with van der Waals surface area (Å²) >= 11 is 0. The van der Waals surface area contributed by atoms with Gasteiger partial charge in [0.05, 0.1) is 12.3 Å². The Hall–Kier alpha value is -4.33. The van der Waals surface area contributed by atoms with Crippen LogP contribution in [0.2, 0.25) is 0 Å². The molecule has 5 rings (SSSR count). The van der Waals surface area contributed by atoms with Gasteiger partial charge in [0, 0.05) is 43.0 Å². The molecule has 1 heterocycles. The van der Waals surface area contributed by atoms with Gasteiger partial charge in [-0.3, -0.25) is 14.5 Å². The van der Waals surface area contributed by atoms with Crippen molar-refractivity contribution in [1.82, 2.24) is 9.80 Å². The third-order valence-corrected chi connectivity index (χ3v) is 8.14. The minimum absolute atomic E-state index is 0.0697. The molecular formula is C34H41N5O3. The van der Waals surface area contributed by atoms with Gasteiger partial charge in [-0.05, 0) is 61.7 Å². The summed E-state index contributed by atoms with van der Waals surface area (Å²) in [6.07, 6.45) is 8.34. The number of fused-ring (bicyclic) bond motifs is 1. The summed E-state index contributed by atoms with van der Waals surface area (Å²) in [6, 6.07) is 25.3. The van der Waals surface area contributed by atoms with Gasteiger partial charge >= 0.3 is 0 Å². The van der Waals surface area contributed by atoms with Crippen molar-refractivity contribution in [1.29, 1.82) is 0 Å². The Morgan fingerprint density at radius 2 is 1.55 bits per heavy atom. The lowest BCUT2D eigenvalue weighted by atomic mass is 10.1. The second-order valence-corrected chi connectivity index (χ2v) is 11.1. The predicted molar refractivity (Wildman–Crippen MR) is 167 cm³/mol. The topological polar surface area (TPSA) is 91.5 Å². The molecule has 2 aliphatic rings. The predicted octanol–water partition coefficient (Wildman–Crippen LogP) is 6.15. The van der Waals surface area contributed by atoms with E-state index in [0.717, 1.165) is 41.2 Å². The number of hydrogen-bond acceptors (Lipinski definition) is 6. The van der Waals surface area contributed by atoms with Crippen molar-refractivity contribution in [2.45, 2.75) is 64.0 Å². The quantitative estimate of drug-likeness (QED) is 0.234. The van der Waals surface area contributed by atoms with E-state index in [0.29, 0.717) is 38.0 Å². The third-order valence-electron chi connectivity index (χ3n) is 8.14. The number of para-hydroxylation sites is 2. The lowest BCUT2D eigenvalue weighted by Crippen LogP contribution is -2.45. The number of nitrogens with zero attached hydrogens (tertiary/aromatic N) is 4. The highest BCUT2D eigenvalue weighted by Crippen LogP contribution is 2.31. The minimum atomic E-state index is -0.111. The minimum Gasteiger partial charge on any atom is -0.494 e. The Balaban J connectivity index is 1.18. The van der Waals surface area contributed by atoms with E-state index in [9.17, 15) is 9.59 Å². The van der Waals surface area contributed by atoms with Gasteiger partial charge in [-0.2, -0.15) is 0 Å². The van der Waals surface area contributed by atoms with E-state index in [1.54, 1.807) is 9.80 Å². The molecule has 1 fully saturated rings.